The molecular formula is C22H28N2O5. The zero-order chi connectivity index (χ0) is 20.8. The van der Waals surface area contributed by atoms with Crippen molar-refractivity contribution in [1.82, 2.24) is 10.5 Å². The maximum atomic E-state index is 12.5. The van der Waals surface area contributed by atoms with Gasteiger partial charge in [0.2, 0.25) is 0 Å². The number of aryl methyl sites for hydroxylation is 2. The van der Waals surface area contributed by atoms with E-state index in [1.165, 1.54) is 6.42 Å². The van der Waals surface area contributed by atoms with Gasteiger partial charge in [-0.1, -0.05) is 37.1 Å². The van der Waals surface area contributed by atoms with Crippen molar-refractivity contribution in [3.05, 3.63) is 46.8 Å². The fraction of sp³-hybridized carbons (Fsp3) is 0.500. The van der Waals surface area contributed by atoms with Crippen LogP contribution < -0.4 is 10.1 Å². The lowest BCUT2D eigenvalue weighted by molar-refractivity contribution is -0.125. The molecule has 1 aromatic heterocycles. The first-order valence-corrected chi connectivity index (χ1v) is 10.1. The Labute approximate surface area is 170 Å². The van der Waals surface area contributed by atoms with Crippen LogP contribution in [0.15, 0.2) is 28.8 Å². The first-order chi connectivity index (χ1) is 14.0. The van der Waals surface area contributed by atoms with Crippen LogP contribution in [-0.4, -0.2) is 29.7 Å². The summed E-state index contributed by atoms with van der Waals surface area (Å²) in [5.74, 6) is 0.647. The second-order valence-corrected chi connectivity index (χ2v) is 7.60. The number of benzene rings is 1. The van der Waals surface area contributed by atoms with Crippen LogP contribution in [0.4, 0.5) is 0 Å². The van der Waals surface area contributed by atoms with Crippen LogP contribution in [0.1, 0.15) is 60.0 Å². The van der Waals surface area contributed by atoms with Crippen LogP contribution in [0, 0.1) is 19.8 Å². The summed E-state index contributed by atoms with van der Waals surface area (Å²) in [6, 6.07) is 6.96. The van der Waals surface area contributed by atoms with Gasteiger partial charge in [-0.05, 0) is 44.7 Å². The van der Waals surface area contributed by atoms with E-state index in [9.17, 15) is 9.59 Å². The third kappa shape index (κ3) is 5.37. The zero-order valence-electron chi connectivity index (χ0n) is 17.2. The van der Waals surface area contributed by atoms with E-state index >= 15 is 0 Å². The van der Waals surface area contributed by atoms with Crippen molar-refractivity contribution in [2.75, 3.05) is 6.61 Å². The minimum Gasteiger partial charge on any atom is -0.488 e. The molecule has 2 atom stereocenters. The Hall–Kier alpha value is -2.83. The molecule has 0 aliphatic heterocycles. The molecule has 0 unspecified atom stereocenters. The second kappa shape index (κ2) is 9.58. The lowest BCUT2D eigenvalue weighted by atomic mass is 9.86. The Morgan fingerprint density at radius 2 is 1.97 bits per heavy atom. The molecular weight excluding hydrogens is 372 g/mol. The van der Waals surface area contributed by atoms with Crippen LogP contribution in [0.2, 0.25) is 0 Å². The SMILES string of the molecule is Cc1noc(C)c1COc1ccccc1C(=O)OCC(=O)N[C@@H]1CCCC[C@@H]1C. The number of aromatic nitrogens is 1. The van der Waals surface area contributed by atoms with Crippen molar-refractivity contribution < 1.29 is 23.6 Å². The molecule has 7 heteroatoms. The van der Waals surface area contributed by atoms with Gasteiger partial charge < -0.3 is 19.3 Å². The van der Waals surface area contributed by atoms with E-state index in [4.69, 9.17) is 14.0 Å². The highest BCUT2D eigenvalue weighted by Crippen LogP contribution is 2.24. The maximum absolute atomic E-state index is 12.5. The molecule has 3 rings (SSSR count). The zero-order valence-corrected chi connectivity index (χ0v) is 17.2. The number of rotatable bonds is 7. The molecule has 29 heavy (non-hydrogen) atoms. The third-order valence-corrected chi connectivity index (χ3v) is 5.45. The van der Waals surface area contributed by atoms with Gasteiger partial charge in [-0.2, -0.15) is 0 Å². The number of amides is 1. The Kier molecular flexibility index (Phi) is 6.90. The van der Waals surface area contributed by atoms with Gasteiger partial charge in [0.25, 0.3) is 5.91 Å². The standard InChI is InChI=1S/C22H28N2O5/c1-14-8-4-6-10-19(14)23-21(25)13-28-22(26)17-9-5-7-11-20(17)27-12-18-15(2)24-29-16(18)3/h5,7,9,11,14,19H,4,6,8,10,12-13H2,1-3H3,(H,23,25)/t14-,19+/m0/s1. The van der Waals surface area contributed by atoms with E-state index in [2.05, 4.69) is 17.4 Å². The molecule has 7 nitrogen and oxygen atoms in total. The van der Waals surface area contributed by atoms with Crippen LogP contribution in [0.5, 0.6) is 5.75 Å². The van der Waals surface area contributed by atoms with Gasteiger partial charge in [-0.3, -0.25) is 4.79 Å². The van der Waals surface area contributed by atoms with E-state index in [1.807, 2.05) is 13.8 Å². The van der Waals surface area contributed by atoms with E-state index in [-0.39, 0.29) is 30.7 Å². The third-order valence-electron chi connectivity index (χ3n) is 5.45. The molecule has 1 heterocycles. The molecule has 1 saturated carbocycles. The van der Waals surface area contributed by atoms with Gasteiger partial charge in [0, 0.05) is 6.04 Å². The summed E-state index contributed by atoms with van der Waals surface area (Å²) in [4.78, 5) is 24.7. The molecule has 0 spiro atoms. The summed E-state index contributed by atoms with van der Waals surface area (Å²) in [5, 5.41) is 6.88. The smallest absolute Gasteiger partial charge is 0.342 e. The highest BCUT2D eigenvalue weighted by Gasteiger charge is 2.23. The monoisotopic (exact) mass is 400 g/mol. The number of ether oxygens (including phenoxy) is 2. The quantitative estimate of drug-likeness (QED) is 0.713. The summed E-state index contributed by atoms with van der Waals surface area (Å²) >= 11 is 0. The van der Waals surface area contributed by atoms with E-state index in [1.54, 1.807) is 24.3 Å². The molecule has 1 aliphatic carbocycles. The van der Waals surface area contributed by atoms with Crippen LogP contribution >= 0.6 is 0 Å². The summed E-state index contributed by atoms with van der Waals surface area (Å²) in [6.07, 6.45) is 4.40. The van der Waals surface area contributed by atoms with Crippen molar-refractivity contribution in [1.29, 1.82) is 0 Å². The van der Waals surface area contributed by atoms with Gasteiger partial charge in [0.15, 0.2) is 6.61 Å². The van der Waals surface area contributed by atoms with Crippen molar-refractivity contribution in [3.63, 3.8) is 0 Å². The van der Waals surface area contributed by atoms with Gasteiger partial charge >= 0.3 is 5.97 Å². The average molecular weight is 400 g/mol. The van der Waals surface area contributed by atoms with Crippen molar-refractivity contribution >= 4 is 11.9 Å². The van der Waals surface area contributed by atoms with Gasteiger partial charge in [-0.25, -0.2) is 4.79 Å². The fourth-order valence-electron chi connectivity index (χ4n) is 3.61. The summed E-state index contributed by atoms with van der Waals surface area (Å²) < 4.78 is 16.2. The number of carbonyl (C=O) groups is 2. The van der Waals surface area contributed by atoms with E-state index < -0.39 is 5.97 Å². The molecule has 156 valence electrons. The molecule has 0 radical (unpaired) electrons. The molecule has 1 fully saturated rings. The molecule has 1 aromatic carbocycles. The summed E-state index contributed by atoms with van der Waals surface area (Å²) in [6.45, 7) is 5.71. The van der Waals surface area contributed by atoms with Crippen molar-refractivity contribution in [2.45, 2.75) is 59.1 Å². The number of nitrogens with zero attached hydrogens (tertiary/aromatic N) is 1. The molecule has 1 N–H and O–H groups in total. The molecule has 0 bridgehead atoms. The van der Waals surface area contributed by atoms with E-state index in [0.29, 0.717) is 17.4 Å². The Bertz CT molecular complexity index is 841. The molecule has 1 amide bonds. The molecule has 1 aliphatic rings. The highest BCUT2D eigenvalue weighted by atomic mass is 16.5. The van der Waals surface area contributed by atoms with Crippen molar-refractivity contribution in [3.8, 4) is 5.75 Å². The first-order valence-electron chi connectivity index (χ1n) is 10.1. The van der Waals surface area contributed by atoms with Crippen LogP contribution in [0.25, 0.3) is 0 Å². The predicted molar refractivity (Wildman–Crippen MR) is 107 cm³/mol. The molecule has 0 saturated heterocycles. The van der Waals surface area contributed by atoms with Gasteiger partial charge in [0.1, 0.15) is 23.7 Å². The second-order valence-electron chi connectivity index (χ2n) is 7.60. The number of carbonyl (C=O) groups excluding carboxylic acids is 2. The highest BCUT2D eigenvalue weighted by molar-refractivity contribution is 5.94. The van der Waals surface area contributed by atoms with Gasteiger partial charge in [-0.15, -0.1) is 0 Å². The Morgan fingerprint density at radius 3 is 2.69 bits per heavy atom. The van der Waals surface area contributed by atoms with Crippen LogP contribution in [0.3, 0.4) is 0 Å². The Balaban J connectivity index is 1.56. The largest absolute Gasteiger partial charge is 0.488 e. The van der Waals surface area contributed by atoms with Gasteiger partial charge in [0.05, 0.1) is 11.3 Å². The fourth-order valence-corrected chi connectivity index (χ4v) is 3.61. The van der Waals surface area contributed by atoms with Crippen LogP contribution in [-0.2, 0) is 16.1 Å². The Morgan fingerprint density at radius 1 is 1.21 bits per heavy atom. The number of para-hydroxylation sites is 1. The summed E-state index contributed by atoms with van der Waals surface area (Å²) in [7, 11) is 0. The average Bonchev–Trinajstić information content (AvgIpc) is 3.04. The lowest BCUT2D eigenvalue weighted by Crippen LogP contribution is -2.42. The number of nitrogens with one attached hydrogen (secondary N) is 1. The molecule has 2 aromatic rings. The minimum absolute atomic E-state index is 0.153. The predicted octanol–water partition coefficient (Wildman–Crippen LogP) is 3.72. The maximum Gasteiger partial charge on any atom is 0.342 e. The topological polar surface area (TPSA) is 90.7 Å². The van der Waals surface area contributed by atoms with E-state index in [0.717, 1.165) is 30.5 Å². The minimum atomic E-state index is -0.591. The summed E-state index contributed by atoms with van der Waals surface area (Å²) in [5.41, 5.74) is 1.86. The number of esters is 1. The lowest BCUT2D eigenvalue weighted by Gasteiger charge is -2.29. The number of hydrogen-bond donors (Lipinski definition) is 1. The first kappa shape index (κ1) is 20.9. The number of hydrogen-bond acceptors (Lipinski definition) is 6. The normalized spacial score (nSPS) is 18.9. The van der Waals surface area contributed by atoms with Crippen molar-refractivity contribution in [2.24, 2.45) is 5.92 Å².